The zero-order valence-electron chi connectivity index (χ0n) is 14.4. The third-order valence-electron chi connectivity index (χ3n) is 4.05. The topological polar surface area (TPSA) is 67.9 Å². The first-order valence-corrected chi connectivity index (χ1v) is 8.37. The summed E-state index contributed by atoms with van der Waals surface area (Å²) in [6, 6.07) is 12.2. The van der Waals surface area contributed by atoms with E-state index in [4.69, 9.17) is 4.74 Å². The summed E-state index contributed by atoms with van der Waals surface area (Å²) in [7, 11) is 0. The molecule has 0 radical (unpaired) electrons. The molecule has 0 atom stereocenters. The van der Waals surface area contributed by atoms with Crippen molar-refractivity contribution in [2.24, 2.45) is 0 Å². The Kier molecular flexibility index (Phi) is 5.97. The van der Waals surface area contributed by atoms with Crippen molar-refractivity contribution in [1.29, 1.82) is 0 Å². The number of nitrogens with zero attached hydrogens (tertiary/aromatic N) is 1. The van der Waals surface area contributed by atoms with E-state index in [1.165, 1.54) is 24.3 Å². The lowest BCUT2D eigenvalue weighted by Gasteiger charge is -2.27. The largest absolute Gasteiger partial charge is 0.434 e. The highest BCUT2D eigenvalue weighted by atomic mass is 19.3. The number of nitrogens with one attached hydrogen (secondary N) is 1. The number of carbonyl (C=O) groups is 2. The van der Waals surface area contributed by atoms with Gasteiger partial charge in [0.15, 0.2) is 0 Å². The number of hydrogen-bond donors (Lipinski definition) is 1. The highest BCUT2D eigenvalue weighted by Crippen LogP contribution is 2.24. The monoisotopic (exact) mass is 376 g/mol. The molecule has 3 rings (SSSR count). The molecule has 27 heavy (non-hydrogen) atoms. The van der Waals surface area contributed by atoms with Crippen LogP contribution in [0.3, 0.4) is 0 Å². The Balaban J connectivity index is 1.82. The molecule has 1 aliphatic heterocycles. The Morgan fingerprint density at radius 2 is 1.63 bits per heavy atom. The Morgan fingerprint density at radius 1 is 1.00 bits per heavy atom. The lowest BCUT2D eigenvalue weighted by atomic mass is 10.1. The second kappa shape index (κ2) is 8.59. The smallest absolute Gasteiger partial charge is 0.387 e. The minimum absolute atomic E-state index is 0.0496. The number of amides is 2. The van der Waals surface area contributed by atoms with Gasteiger partial charge < -0.3 is 19.7 Å². The van der Waals surface area contributed by atoms with Crippen LogP contribution in [0.4, 0.5) is 14.5 Å². The molecule has 1 N–H and O–H groups in total. The molecular weight excluding hydrogens is 358 g/mol. The van der Waals surface area contributed by atoms with E-state index in [1.807, 2.05) is 0 Å². The Bertz CT molecular complexity index is 823. The summed E-state index contributed by atoms with van der Waals surface area (Å²) in [6.07, 6.45) is 0. The zero-order valence-corrected chi connectivity index (χ0v) is 14.4. The van der Waals surface area contributed by atoms with Crippen molar-refractivity contribution in [1.82, 2.24) is 4.90 Å². The lowest BCUT2D eigenvalue weighted by Crippen LogP contribution is -2.41. The molecule has 8 heteroatoms. The van der Waals surface area contributed by atoms with Gasteiger partial charge in [-0.15, -0.1) is 0 Å². The van der Waals surface area contributed by atoms with E-state index in [1.54, 1.807) is 29.2 Å². The molecule has 2 aromatic rings. The van der Waals surface area contributed by atoms with Crippen LogP contribution in [-0.4, -0.2) is 49.6 Å². The second-order valence-electron chi connectivity index (χ2n) is 5.78. The number of morpholine rings is 1. The highest BCUT2D eigenvalue weighted by Gasteiger charge is 2.22. The summed E-state index contributed by atoms with van der Waals surface area (Å²) in [5, 5.41) is 2.62. The van der Waals surface area contributed by atoms with Crippen LogP contribution >= 0.6 is 0 Å². The van der Waals surface area contributed by atoms with Gasteiger partial charge in [-0.2, -0.15) is 8.78 Å². The van der Waals surface area contributed by atoms with E-state index in [0.29, 0.717) is 37.6 Å². The van der Waals surface area contributed by atoms with Gasteiger partial charge in [0.2, 0.25) is 0 Å². The van der Waals surface area contributed by atoms with E-state index >= 15 is 0 Å². The van der Waals surface area contributed by atoms with E-state index in [0.717, 1.165) is 0 Å². The minimum atomic E-state index is -3.05. The fourth-order valence-corrected chi connectivity index (χ4v) is 2.76. The maximum atomic E-state index is 12.7. The second-order valence-corrected chi connectivity index (χ2v) is 5.78. The number of benzene rings is 2. The van der Waals surface area contributed by atoms with Crippen LogP contribution in [0.5, 0.6) is 5.75 Å². The van der Waals surface area contributed by atoms with Crippen LogP contribution in [0.2, 0.25) is 0 Å². The van der Waals surface area contributed by atoms with Crippen molar-refractivity contribution in [3.8, 4) is 5.75 Å². The van der Waals surface area contributed by atoms with Crippen LogP contribution in [0.25, 0.3) is 0 Å². The summed E-state index contributed by atoms with van der Waals surface area (Å²) in [5.41, 5.74) is 0.567. The number of rotatable bonds is 5. The predicted molar refractivity (Wildman–Crippen MR) is 94.2 cm³/mol. The predicted octanol–water partition coefficient (Wildman–Crippen LogP) is 3.01. The molecule has 0 unspecified atom stereocenters. The first-order chi connectivity index (χ1) is 13.1. The van der Waals surface area contributed by atoms with Crippen LogP contribution in [-0.2, 0) is 4.74 Å². The molecular formula is C19H18F2N2O4. The first-order valence-electron chi connectivity index (χ1n) is 8.37. The van der Waals surface area contributed by atoms with Gasteiger partial charge in [-0.3, -0.25) is 9.59 Å². The molecule has 1 aliphatic rings. The molecule has 1 heterocycles. The maximum Gasteiger partial charge on any atom is 0.387 e. The lowest BCUT2D eigenvalue weighted by molar-refractivity contribution is -0.0501. The number of ether oxygens (including phenoxy) is 2. The average molecular weight is 376 g/mol. The summed E-state index contributed by atoms with van der Waals surface area (Å²) in [5.74, 6) is -1.11. The number of alkyl halides is 2. The fourth-order valence-electron chi connectivity index (χ4n) is 2.76. The summed E-state index contributed by atoms with van der Waals surface area (Å²) in [6.45, 7) is -1.20. The molecule has 2 aromatic carbocycles. The molecule has 2 amide bonds. The quantitative estimate of drug-likeness (QED) is 0.871. The van der Waals surface area contributed by atoms with Crippen LogP contribution in [0, 0.1) is 0 Å². The fraction of sp³-hybridized carbons (Fsp3) is 0.263. The Hall–Kier alpha value is -3.00. The van der Waals surface area contributed by atoms with Crippen LogP contribution in [0.15, 0.2) is 48.5 Å². The van der Waals surface area contributed by atoms with E-state index in [2.05, 4.69) is 10.1 Å². The number of carbonyl (C=O) groups excluding carboxylic acids is 2. The summed E-state index contributed by atoms with van der Waals surface area (Å²) in [4.78, 5) is 27.0. The summed E-state index contributed by atoms with van der Waals surface area (Å²) < 4.78 is 34.7. The van der Waals surface area contributed by atoms with Crippen LogP contribution in [0.1, 0.15) is 20.7 Å². The van der Waals surface area contributed by atoms with Gasteiger partial charge in [-0.1, -0.05) is 24.3 Å². The molecule has 0 aromatic heterocycles. The van der Waals surface area contributed by atoms with Gasteiger partial charge >= 0.3 is 6.61 Å². The number of halogens is 2. The van der Waals surface area contributed by atoms with Gasteiger partial charge in [0, 0.05) is 13.1 Å². The van der Waals surface area contributed by atoms with Crippen molar-refractivity contribution >= 4 is 17.5 Å². The van der Waals surface area contributed by atoms with Gasteiger partial charge in [0.05, 0.1) is 30.0 Å². The van der Waals surface area contributed by atoms with Crippen molar-refractivity contribution in [2.45, 2.75) is 6.61 Å². The van der Waals surface area contributed by atoms with Crippen molar-refractivity contribution < 1.29 is 27.8 Å². The molecule has 1 fully saturated rings. The highest BCUT2D eigenvalue weighted by molar-refractivity contribution is 6.10. The Labute approximate surface area is 154 Å². The number of hydrogen-bond acceptors (Lipinski definition) is 4. The van der Waals surface area contributed by atoms with Gasteiger partial charge in [0.25, 0.3) is 11.8 Å². The summed E-state index contributed by atoms with van der Waals surface area (Å²) >= 11 is 0. The third kappa shape index (κ3) is 4.59. The molecule has 6 nitrogen and oxygen atoms in total. The normalized spacial score (nSPS) is 14.1. The van der Waals surface area contributed by atoms with Gasteiger partial charge in [-0.05, 0) is 24.3 Å². The SMILES string of the molecule is O=C(Nc1ccccc1C(=O)N1CCOCC1)c1ccccc1OC(F)F. The minimum Gasteiger partial charge on any atom is -0.434 e. The van der Waals surface area contributed by atoms with E-state index in [9.17, 15) is 18.4 Å². The average Bonchev–Trinajstić information content (AvgIpc) is 2.68. The van der Waals surface area contributed by atoms with Gasteiger partial charge in [-0.25, -0.2) is 0 Å². The molecule has 0 bridgehead atoms. The number of anilines is 1. The van der Waals surface area contributed by atoms with Crippen molar-refractivity contribution in [2.75, 3.05) is 31.6 Å². The third-order valence-corrected chi connectivity index (χ3v) is 4.05. The van der Waals surface area contributed by atoms with E-state index in [-0.39, 0.29) is 17.2 Å². The molecule has 1 saturated heterocycles. The first kappa shape index (κ1) is 18.8. The Morgan fingerprint density at radius 3 is 2.33 bits per heavy atom. The maximum absolute atomic E-state index is 12.7. The molecule has 0 aliphatic carbocycles. The van der Waals surface area contributed by atoms with Crippen LogP contribution < -0.4 is 10.1 Å². The van der Waals surface area contributed by atoms with Gasteiger partial charge in [0.1, 0.15) is 5.75 Å². The molecule has 142 valence electrons. The van der Waals surface area contributed by atoms with E-state index < -0.39 is 12.5 Å². The van der Waals surface area contributed by atoms with Crippen molar-refractivity contribution in [3.63, 3.8) is 0 Å². The molecule has 0 spiro atoms. The molecule has 0 saturated carbocycles. The zero-order chi connectivity index (χ0) is 19.2. The van der Waals surface area contributed by atoms with Crippen molar-refractivity contribution in [3.05, 3.63) is 59.7 Å². The number of para-hydroxylation sites is 2. The standard InChI is InChI=1S/C19H18F2N2O4/c20-19(21)27-16-8-4-2-6-14(16)17(24)22-15-7-3-1-5-13(15)18(25)23-9-11-26-12-10-23/h1-8,19H,9-12H2,(H,22,24).